The molecule has 0 radical (unpaired) electrons. The maximum atomic E-state index is 13.5. The van der Waals surface area contributed by atoms with Gasteiger partial charge in [-0.15, -0.1) is 0 Å². The number of likely N-dealkylation sites (N-methyl/N-ethyl adjacent to an activating group) is 1. The zero-order valence-corrected chi connectivity index (χ0v) is 19.8. The Hall–Kier alpha value is -2.58. The predicted molar refractivity (Wildman–Crippen MR) is 121 cm³/mol. The van der Waals surface area contributed by atoms with E-state index in [1.807, 2.05) is 31.0 Å². The minimum Gasteiger partial charge on any atom is -0.497 e. The molecular weight excluding hydrogens is 424 g/mol. The average molecular weight is 457 g/mol. The van der Waals surface area contributed by atoms with Crippen LogP contribution in [0.25, 0.3) is 0 Å². The Labute approximate surface area is 194 Å². The maximum Gasteiger partial charge on any atom is 0.344 e. The lowest BCUT2D eigenvalue weighted by molar-refractivity contribution is -0.228. The number of carbonyl (C=O) groups excluding carboxylic acids is 2. The molecule has 0 aromatic heterocycles. The van der Waals surface area contributed by atoms with Crippen molar-refractivity contribution in [2.24, 2.45) is 5.41 Å². The highest BCUT2D eigenvalue weighted by molar-refractivity contribution is 5.87. The summed E-state index contributed by atoms with van der Waals surface area (Å²) >= 11 is 0. The van der Waals surface area contributed by atoms with Crippen LogP contribution in [-0.4, -0.2) is 80.1 Å². The van der Waals surface area contributed by atoms with Crippen LogP contribution in [0.4, 0.5) is 5.69 Å². The van der Waals surface area contributed by atoms with Crippen LogP contribution in [0.1, 0.15) is 32.3 Å². The number of anilines is 1. The van der Waals surface area contributed by atoms with Gasteiger partial charge in [-0.05, 0) is 31.0 Å². The van der Waals surface area contributed by atoms with Crippen LogP contribution in [-0.2, 0) is 24.5 Å². The van der Waals surface area contributed by atoms with E-state index in [2.05, 4.69) is 23.1 Å². The van der Waals surface area contributed by atoms with Gasteiger partial charge in [-0.25, -0.2) is 4.79 Å². The third-order valence-corrected chi connectivity index (χ3v) is 8.62. The first-order valence-electron chi connectivity index (χ1n) is 11.5. The van der Waals surface area contributed by atoms with E-state index in [-0.39, 0.29) is 6.04 Å². The highest BCUT2D eigenvalue weighted by atomic mass is 16.6. The number of fused-ring (bicyclic) bond motifs is 1. The molecule has 6 atom stereocenters. The topological polar surface area (TPSA) is 88.5 Å². The number of rotatable bonds is 4. The molecule has 1 aromatic rings. The summed E-state index contributed by atoms with van der Waals surface area (Å²) in [6.45, 7) is 4.94. The van der Waals surface area contributed by atoms with Crippen LogP contribution in [0.2, 0.25) is 0 Å². The predicted octanol–water partition coefficient (Wildman–Crippen LogP) is 1.64. The Balaban J connectivity index is 1.86. The third-order valence-electron chi connectivity index (χ3n) is 8.62. The molecule has 1 N–H and O–H groups in total. The summed E-state index contributed by atoms with van der Waals surface area (Å²) in [7, 11) is 4.77. The summed E-state index contributed by atoms with van der Waals surface area (Å²) in [5.74, 6) is -0.617. The first-order chi connectivity index (χ1) is 15.7. The molecule has 33 heavy (non-hydrogen) atoms. The lowest BCUT2D eigenvalue weighted by atomic mass is 9.47. The molecule has 8 nitrogen and oxygen atoms in total. The van der Waals surface area contributed by atoms with Crippen molar-refractivity contribution < 1.29 is 28.9 Å². The van der Waals surface area contributed by atoms with Gasteiger partial charge in [-0.2, -0.15) is 0 Å². The highest BCUT2D eigenvalue weighted by Gasteiger charge is 2.80. The number of ether oxygens (including phenoxy) is 3. The molecule has 5 rings (SSSR count). The van der Waals surface area contributed by atoms with Crippen molar-refractivity contribution in [1.29, 1.82) is 0 Å². The van der Waals surface area contributed by atoms with E-state index in [0.717, 1.165) is 30.8 Å². The molecule has 3 unspecified atom stereocenters. The lowest BCUT2D eigenvalue weighted by Crippen LogP contribution is -2.81. The van der Waals surface area contributed by atoms with E-state index in [9.17, 15) is 14.7 Å². The Morgan fingerprint density at radius 2 is 2.00 bits per heavy atom. The molecule has 8 heteroatoms. The minimum absolute atomic E-state index is 0.0589. The Bertz CT molecular complexity index is 1040. The normalized spacial score (nSPS) is 38.4. The number of benzene rings is 1. The van der Waals surface area contributed by atoms with Gasteiger partial charge >= 0.3 is 11.9 Å². The van der Waals surface area contributed by atoms with Crippen molar-refractivity contribution in [3.8, 4) is 5.75 Å². The number of hydrogen-bond acceptors (Lipinski definition) is 8. The van der Waals surface area contributed by atoms with Crippen molar-refractivity contribution in [2.45, 2.75) is 55.9 Å². The quantitative estimate of drug-likeness (QED) is 0.541. The molecule has 1 saturated heterocycles. The minimum atomic E-state index is -2.08. The molecule has 3 aliphatic heterocycles. The van der Waals surface area contributed by atoms with E-state index >= 15 is 0 Å². The molecule has 2 fully saturated rings. The second-order valence-corrected chi connectivity index (χ2v) is 9.76. The summed E-state index contributed by atoms with van der Waals surface area (Å²) in [5, 5.41) is 12.5. The smallest absolute Gasteiger partial charge is 0.344 e. The molecule has 0 bridgehead atoms. The van der Waals surface area contributed by atoms with Crippen molar-refractivity contribution in [3.05, 3.63) is 35.9 Å². The van der Waals surface area contributed by atoms with Crippen LogP contribution in [0, 0.1) is 5.41 Å². The average Bonchev–Trinajstić information content (AvgIpc) is 3.32. The number of esters is 2. The number of hydrogen-bond donors (Lipinski definition) is 1. The van der Waals surface area contributed by atoms with Gasteiger partial charge in [-0.3, -0.25) is 9.69 Å². The summed E-state index contributed by atoms with van der Waals surface area (Å²) < 4.78 is 16.6. The molecule has 1 aliphatic carbocycles. The fraction of sp³-hybridized carbons (Fsp3) is 0.600. The third kappa shape index (κ3) is 2.48. The zero-order chi connectivity index (χ0) is 23.8. The molecule has 4 aliphatic rings. The standard InChI is InChI=1S/C25H32N2O6/c1-6-23-10-7-12-27-13-11-24(19(23)27)17-9-8-16(31-4)14-18(17)26(3)20(24)25(30,22(29)32-5)21(23)33-15(2)28/h7-10,14,19-21,30H,6,11-13H2,1-5H3/t19?,20-,21-,23-,24?,25?/m1/s1. The van der Waals surface area contributed by atoms with Crippen LogP contribution >= 0.6 is 0 Å². The SMILES string of the molecule is CC[C@]12C=CCN3CCC4(c5ccc(OC)cc5N(C)[C@H]4C(O)(C(=O)OC)[C@@H]1OC(C)=O)C32. The molecule has 1 aromatic carbocycles. The zero-order valence-electron chi connectivity index (χ0n) is 19.8. The van der Waals surface area contributed by atoms with Crippen molar-refractivity contribution in [3.63, 3.8) is 0 Å². The highest BCUT2D eigenvalue weighted by Crippen LogP contribution is 2.67. The van der Waals surface area contributed by atoms with E-state index in [1.54, 1.807) is 7.11 Å². The number of carbonyl (C=O) groups is 2. The number of nitrogens with zero attached hydrogens (tertiary/aromatic N) is 2. The summed E-state index contributed by atoms with van der Waals surface area (Å²) in [6.07, 6.45) is 4.40. The maximum absolute atomic E-state index is 13.5. The van der Waals surface area contributed by atoms with Gasteiger partial charge in [0.25, 0.3) is 0 Å². The van der Waals surface area contributed by atoms with Crippen molar-refractivity contribution >= 4 is 17.6 Å². The molecule has 1 spiro atoms. The summed E-state index contributed by atoms with van der Waals surface area (Å²) in [5.41, 5.74) is -1.41. The molecule has 178 valence electrons. The Morgan fingerprint density at radius 3 is 2.64 bits per heavy atom. The van der Waals surface area contributed by atoms with Crippen molar-refractivity contribution in [1.82, 2.24) is 4.90 Å². The monoisotopic (exact) mass is 456 g/mol. The largest absolute Gasteiger partial charge is 0.497 e. The fourth-order valence-electron chi connectivity index (χ4n) is 7.68. The summed E-state index contributed by atoms with van der Waals surface area (Å²) in [4.78, 5) is 30.2. The van der Waals surface area contributed by atoms with Gasteiger partial charge in [0.1, 0.15) is 5.75 Å². The second kappa shape index (κ2) is 7.21. The number of methoxy groups -OCH3 is 2. The summed E-state index contributed by atoms with van der Waals surface area (Å²) in [6, 6.07) is 5.22. The molecule has 3 heterocycles. The van der Waals surface area contributed by atoms with Crippen molar-refractivity contribution in [2.75, 3.05) is 39.3 Å². The van der Waals surface area contributed by atoms with E-state index in [1.165, 1.54) is 14.0 Å². The van der Waals surface area contributed by atoms with E-state index < -0.39 is 40.5 Å². The lowest BCUT2D eigenvalue weighted by Gasteiger charge is -2.63. The van der Waals surface area contributed by atoms with Crippen LogP contribution in [0.15, 0.2) is 30.4 Å². The molecule has 1 saturated carbocycles. The van der Waals surface area contributed by atoms with Gasteiger partial charge in [-0.1, -0.05) is 25.1 Å². The fourth-order valence-corrected chi connectivity index (χ4v) is 7.68. The van der Waals surface area contributed by atoms with E-state index in [0.29, 0.717) is 12.2 Å². The second-order valence-electron chi connectivity index (χ2n) is 9.76. The Kier molecular flexibility index (Phi) is 4.85. The van der Waals surface area contributed by atoms with E-state index in [4.69, 9.17) is 14.2 Å². The van der Waals surface area contributed by atoms with Crippen LogP contribution < -0.4 is 9.64 Å². The van der Waals surface area contributed by atoms with Gasteiger partial charge < -0.3 is 24.2 Å². The van der Waals surface area contributed by atoms with Gasteiger partial charge in [0.05, 0.1) is 20.3 Å². The number of aliphatic hydroxyl groups is 1. The van der Waals surface area contributed by atoms with Gasteiger partial charge in [0, 0.05) is 49.1 Å². The van der Waals surface area contributed by atoms with Gasteiger partial charge in [0.2, 0.25) is 5.60 Å². The van der Waals surface area contributed by atoms with Crippen LogP contribution in [0.5, 0.6) is 5.75 Å². The van der Waals surface area contributed by atoms with Gasteiger partial charge in [0.15, 0.2) is 6.10 Å². The van der Waals surface area contributed by atoms with Crippen LogP contribution in [0.3, 0.4) is 0 Å². The first kappa shape index (κ1) is 22.2. The molecular formula is C25H32N2O6. The Morgan fingerprint density at radius 1 is 1.24 bits per heavy atom. The first-order valence-corrected chi connectivity index (χ1v) is 11.5. The molecule has 0 amide bonds.